The van der Waals surface area contributed by atoms with E-state index in [2.05, 4.69) is 5.32 Å². The Morgan fingerprint density at radius 1 is 0.889 bits per heavy atom. The summed E-state index contributed by atoms with van der Waals surface area (Å²) in [5.41, 5.74) is 0.563. The maximum atomic E-state index is 12.4. The first-order chi connectivity index (χ1) is 13.3. The monoisotopic (exact) mass is 361 g/mol. The average Bonchev–Trinajstić information content (AvgIpc) is 2.73. The van der Waals surface area contributed by atoms with E-state index in [0.717, 1.165) is 11.5 Å². The number of carbonyl (C=O) groups is 1. The summed E-state index contributed by atoms with van der Waals surface area (Å²) >= 11 is 0. The van der Waals surface area contributed by atoms with Gasteiger partial charge in [-0.1, -0.05) is 30.3 Å². The predicted octanol–water partition coefficient (Wildman–Crippen LogP) is 4.05. The molecule has 27 heavy (non-hydrogen) atoms. The number of rotatable bonds is 5. The lowest BCUT2D eigenvalue weighted by atomic mass is 10.2. The quantitative estimate of drug-likeness (QED) is 0.745. The van der Waals surface area contributed by atoms with Gasteiger partial charge in [0.15, 0.2) is 11.5 Å². The van der Waals surface area contributed by atoms with Gasteiger partial charge in [0.1, 0.15) is 24.2 Å². The van der Waals surface area contributed by atoms with Crippen LogP contribution in [0.3, 0.4) is 0 Å². The second kappa shape index (κ2) is 7.83. The normalized spacial score (nSPS) is 15.0. The summed E-state index contributed by atoms with van der Waals surface area (Å²) in [7, 11) is 0. The van der Waals surface area contributed by atoms with Crippen molar-refractivity contribution in [3.05, 3.63) is 84.4 Å². The number of hydrogen-bond donors (Lipinski definition) is 1. The standard InChI is InChI=1S/C22H19NO4/c24-22(23-14-19-15-25-20-8-4-5-9-21(20)27-19)16-10-12-18(13-11-16)26-17-6-2-1-3-7-17/h1-13,19H,14-15H2,(H,23,24)/t19-/m0/s1. The van der Waals surface area contributed by atoms with Crippen LogP contribution in [0.25, 0.3) is 0 Å². The second-order valence-corrected chi connectivity index (χ2v) is 6.15. The molecule has 1 heterocycles. The van der Waals surface area contributed by atoms with Gasteiger partial charge < -0.3 is 19.5 Å². The highest BCUT2D eigenvalue weighted by Gasteiger charge is 2.21. The topological polar surface area (TPSA) is 56.8 Å². The number of hydrogen-bond acceptors (Lipinski definition) is 4. The number of benzene rings is 3. The van der Waals surface area contributed by atoms with Gasteiger partial charge in [-0.05, 0) is 48.5 Å². The van der Waals surface area contributed by atoms with Crippen molar-refractivity contribution in [3.8, 4) is 23.0 Å². The summed E-state index contributed by atoms with van der Waals surface area (Å²) in [6.07, 6.45) is -0.218. The lowest BCUT2D eigenvalue weighted by Crippen LogP contribution is -2.40. The number of nitrogens with one attached hydrogen (secondary N) is 1. The molecule has 0 bridgehead atoms. The van der Waals surface area contributed by atoms with Gasteiger partial charge in [0.05, 0.1) is 6.54 Å². The predicted molar refractivity (Wildman–Crippen MR) is 102 cm³/mol. The molecule has 3 aromatic rings. The lowest BCUT2D eigenvalue weighted by molar-refractivity contribution is 0.0789. The zero-order valence-corrected chi connectivity index (χ0v) is 14.6. The van der Waals surface area contributed by atoms with Crippen LogP contribution in [0.4, 0.5) is 0 Å². The summed E-state index contributed by atoms with van der Waals surface area (Å²) in [5, 5.41) is 2.88. The minimum Gasteiger partial charge on any atom is -0.486 e. The molecule has 1 atom stereocenters. The van der Waals surface area contributed by atoms with E-state index in [4.69, 9.17) is 14.2 Å². The molecule has 1 aliphatic rings. The molecule has 1 aliphatic heterocycles. The molecule has 0 spiro atoms. The molecule has 1 amide bonds. The van der Waals surface area contributed by atoms with Crippen LogP contribution in [0, 0.1) is 0 Å². The van der Waals surface area contributed by atoms with E-state index < -0.39 is 0 Å². The second-order valence-electron chi connectivity index (χ2n) is 6.15. The van der Waals surface area contributed by atoms with Crippen molar-refractivity contribution in [1.82, 2.24) is 5.32 Å². The van der Waals surface area contributed by atoms with Crippen molar-refractivity contribution in [2.24, 2.45) is 0 Å². The van der Waals surface area contributed by atoms with Crippen LogP contribution >= 0.6 is 0 Å². The first-order valence-corrected chi connectivity index (χ1v) is 8.77. The molecule has 0 radical (unpaired) electrons. The molecule has 136 valence electrons. The minimum atomic E-state index is -0.218. The van der Waals surface area contributed by atoms with E-state index in [9.17, 15) is 4.79 Å². The Hall–Kier alpha value is -3.47. The molecule has 1 N–H and O–H groups in total. The van der Waals surface area contributed by atoms with Gasteiger partial charge in [-0.3, -0.25) is 4.79 Å². The summed E-state index contributed by atoms with van der Waals surface area (Å²) in [5.74, 6) is 2.70. The van der Waals surface area contributed by atoms with Crippen LogP contribution in [-0.4, -0.2) is 25.2 Å². The lowest BCUT2D eigenvalue weighted by Gasteiger charge is -2.26. The van der Waals surface area contributed by atoms with Gasteiger partial charge in [0.25, 0.3) is 5.91 Å². The van der Waals surface area contributed by atoms with E-state index in [1.54, 1.807) is 24.3 Å². The Morgan fingerprint density at radius 3 is 2.33 bits per heavy atom. The number of ether oxygens (including phenoxy) is 3. The summed E-state index contributed by atoms with van der Waals surface area (Å²) < 4.78 is 17.2. The van der Waals surface area contributed by atoms with Gasteiger partial charge in [-0.25, -0.2) is 0 Å². The van der Waals surface area contributed by atoms with Crippen molar-refractivity contribution in [1.29, 1.82) is 0 Å². The SMILES string of the molecule is O=C(NC[C@H]1COc2ccccc2O1)c1ccc(Oc2ccccc2)cc1. The molecule has 0 saturated heterocycles. The van der Waals surface area contributed by atoms with Gasteiger partial charge >= 0.3 is 0 Å². The van der Waals surface area contributed by atoms with E-state index in [0.29, 0.717) is 30.2 Å². The number of amides is 1. The number of fused-ring (bicyclic) bond motifs is 1. The van der Waals surface area contributed by atoms with E-state index in [1.165, 1.54) is 0 Å². The molecule has 0 aliphatic carbocycles. The third kappa shape index (κ3) is 4.20. The van der Waals surface area contributed by atoms with Crippen molar-refractivity contribution in [3.63, 3.8) is 0 Å². The highest BCUT2D eigenvalue weighted by Crippen LogP contribution is 2.30. The molecule has 0 aromatic heterocycles. The van der Waals surface area contributed by atoms with Crippen LogP contribution in [0.1, 0.15) is 10.4 Å². The van der Waals surface area contributed by atoms with Crippen LogP contribution in [-0.2, 0) is 0 Å². The molecule has 3 aromatic carbocycles. The zero-order valence-electron chi connectivity index (χ0n) is 14.6. The molecular formula is C22H19NO4. The van der Waals surface area contributed by atoms with Crippen LogP contribution < -0.4 is 19.5 Å². The maximum absolute atomic E-state index is 12.4. The van der Waals surface area contributed by atoms with Crippen LogP contribution in [0.5, 0.6) is 23.0 Å². The fourth-order valence-corrected chi connectivity index (χ4v) is 2.77. The van der Waals surface area contributed by atoms with Gasteiger partial charge in [-0.15, -0.1) is 0 Å². The smallest absolute Gasteiger partial charge is 0.251 e. The summed E-state index contributed by atoms with van der Waals surface area (Å²) in [6, 6.07) is 24.0. The Morgan fingerprint density at radius 2 is 1.56 bits per heavy atom. The molecule has 0 fully saturated rings. The van der Waals surface area contributed by atoms with Crippen LogP contribution in [0.2, 0.25) is 0 Å². The molecule has 0 unspecified atom stereocenters. The molecule has 5 nitrogen and oxygen atoms in total. The minimum absolute atomic E-state index is 0.163. The van der Waals surface area contributed by atoms with Gasteiger partial charge in [0, 0.05) is 5.56 Å². The van der Waals surface area contributed by atoms with Crippen molar-refractivity contribution >= 4 is 5.91 Å². The van der Waals surface area contributed by atoms with E-state index in [1.807, 2.05) is 54.6 Å². The Labute approximate surface area is 157 Å². The average molecular weight is 361 g/mol. The molecule has 4 rings (SSSR count). The number of carbonyl (C=O) groups excluding carboxylic acids is 1. The third-order valence-electron chi connectivity index (χ3n) is 4.15. The van der Waals surface area contributed by atoms with Gasteiger partial charge in [-0.2, -0.15) is 0 Å². The van der Waals surface area contributed by atoms with Crippen molar-refractivity contribution in [2.45, 2.75) is 6.10 Å². The van der Waals surface area contributed by atoms with Gasteiger partial charge in [0.2, 0.25) is 0 Å². The number of para-hydroxylation sites is 3. The Balaban J connectivity index is 1.31. The highest BCUT2D eigenvalue weighted by molar-refractivity contribution is 5.94. The highest BCUT2D eigenvalue weighted by atomic mass is 16.6. The van der Waals surface area contributed by atoms with Crippen LogP contribution in [0.15, 0.2) is 78.9 Å². The van der Waals surface area contributed by atoms with Crippen molar-refractivity contribution < 1.29 is 19.0 Å². The zero-order chi connectivity index (χ0) is 18.5. The Bertz CT molecular complexity index is 909. The van der Waals surface area contributed by atoms with E-state index in [-0.39, 0.29) is 12.0 Å². The molecule has 5 heteroatoms. The largest absolute Gasteiger partial charge is 0.486 e. The maximum Gasteiger partial charge on any atom is 0.251 e. The molecular weight excluding hydrogens is 342 g/mol. The van der Waals surface area contributed by atoms with Crippen molar-refractivity contribution in [2.75, 3.05) is 13.2 Å². The fourth-order valence-electron chi connectivity index (χ4n) is 2.77. The summed E-state index contributed by atoms with van der Waals surface area (Å²) in [4.78, 5) is 12.4. The van der Waals surface area contributed by atoms with E-state index >= 15 is 0 Å². The Kier molecular flexibility index (Phi) is 4.92. The first kappa shape index (κ1) is 17.0. The third-order valence-corrected chi connectivity index (χ3v) is 4.15. The summed E-state index contributed by atoms with van der Waals surface area (Å²) in [6.45, 7) is 0.774. The molecule has 0 saturated carbocycles. The first-order valence-electron chi connectivity index (χ1n) is 8.77. The fraction of sp³-hybridized carbons (Fsp3) is 0.136.